The minimum Gasteiger partial charge on any atom is -0.398 e. The molecule has 4 N–H and O–H groups in total. The van der Waals surface area contributed by atoms with Gasteiger partial charge in [0.05, 0.1) is 0 Å². The Morgan fingerprint density at radius 1 is 1.32 bits per heavy atom. The summed E-state index contributed by atoms with van der Waals surface area (Å²) < 4.78 is 0. The van der Waals surface area contributed by atoms with Crippen molar-refractivity contribution < 1.29 is 0 Å². The zero-order valence-electron chi connectivity index (χ0n) is 11.0. The molecule has 0 amide bonds. The zero-order valence-corrected chi connectivity index (χ0v) is 11.0. The highest BCUT2D eigenvalue weighted by Crippen LogP contribution is 2.25. The monoisotopic (exact) mass is 254 g/mol. The molecule has 4 nitrogen and oxygen atoms in total. The van der Waals surface area contributed by atoms with Crippen molar-refractivity contribution >= 4 is 22.3 Å². The molecule has 1 saturated heterocycles. The van der Waals surface area contributed by atoms with E-state index in [0.717, 1.165) is 53.0 Å². The van der Waals surface area contributed by atoms with Crippen molar-refractivity contribution in [3.8, 4) is 0 Å². The smallest absolute Gasteiger partial charge is 0.0473 e. The third-order valence-electron chi connectivity index (χ3n) is 3.66. The van der Waals surface area contributed by atoms with Crippen molar-refractivity contribution in [3.05, 3.63) is 41.6 Å². The Bertz CT molecular complexity index is 664. The predicted octanol–water partition coefficient (Wildman–Crippen LogP) is 1.90. The van der Waals surface area contributed by atoms with E-state index in [1.165, 1.54) is 0 Å². The third-order valence-corrected chi connectivity index (χ3v) is 3.66. The second kappa shape index (κ2) is 4.90. The average Bonchev–Trinajstić information content (AvgIpc) is 2.90. The topological polar surface area (TPSA) is 66.2 Å². The summed E-state index contributed by atoms with van der Waals surface area (Å²) in [6, 6.07) is 8.21. The average molecular weight is 254 g/mol. The Hall–Kier alpha value is -2.07. The van der Waals surface area contributed by atoms with Crippen molar-refractivity contribution in [1.82, 2.24) is 10.3 Å². The molecule has 98 valence electrons. The van der Waals surface area contributed by atoms with Gasteiger partial charge in [0, 0.05) is 66.2 Å². The molecule has 3 rings (SSSR count). The van der Waals surface area contributed by atoms with Gasteiger partial charge in [-0.2, -0.15) is 0 Å². The summed E-state index contributed by atoms with van der Waals surface area (Å²) in [6.07, 6.45) is 2.92. The summed E-state index contributed by atoms with van der Waals surface area (Å²) in [5.41, 5.74) is 11.6. The number of rotatable bonds is 1. The second-order valence-electron chi connectivity index (χ2n) is 4.74. The van der Waals surface area contributed by atoms with Crippen molar-refractivity contribution in [2.45, 2.75) is 6.42 Å². The molecule has 0 saturated carbocycles. The number of fused-ring (bicyclic) bond motifs is 1. The van der Waals surface area contributed by atoms with E-state index in [9.17, 15) is 0 Å². The number of aromatic nitrogens is 1. The van der Waals surface area contributed by atoms with Gasteiger partial charge in [-0.3, -0.25) is 4.99 Å². The van der Waals surface area contributed by atoms with E-state index < -0.39 is 0 Å². The van der Waals surface area contributed by atoms with Gasteiger partial charge in [0.25, 0.3) is 0 Å². The van der Waals surface area contributed by atoms with Crippen LogP contribution in [0.1, 0.15) is 12.0 Å². The molecule has 0 bridgehead atoms. The van der Waals surface area contributed by atoms with E-state index in [1.807, 2.05) is 25.4 Å². The predicted molar refractivity (Wildman–Crippen MR) is 80.3 cm³/mol. The number of nitrogens with zero attached hydrogens (tertiary/aromatic N) is 1. The number of nitrogens with two attached hydrogens (primary N) is 1. The molecule has 1 aromatic carbocycles. The fourth-order valence-electron chi connectivity index (χ4n) is 2.63. The largest absolute Gasteiger partial charge is 0.398 e. The molecular formula is C15H18N4. The van der Waals surface area contributed by atoms with Gasteiger partial charge in [-0.05, 0) is 6.07 Å². The van der Waals surface area contributed by atoms with Gasteiger partial charge in [0.1, 0.15) is 0 Å². The van der Waals surface area contributed by atoms with Gasteiger partial charge < -0.3 is 16.0 Å². The molecule has 4 heteroatoms. The number of H-pyrrole nitrogens is 1. The van der Waals surface area contributed by atoms with Crippen LogP contribution in [-0.2, 0) is 0 Å². The van der Waals surface area contributed by atoms with E-state index in [4.69, 9.17) is 5.73 Å². The molecule has 1 aromatic heterocycles. The standard InChI is InChI=1S/C15H18N4/c1-17-13-6-7-18-8-12(13)15(16)11-9-19-14-5-3-2-4-10(11)14/h2-5,9,18-19H,6-8,16H2,1H3. The maximum Gasteiger partial charge on any atom is 0.0473 e. The minimum atomic E-state index is 0.790. The number of hydrogen-bond donors (Lipinski definition) is 3. The maximum atomic E-state index is 6.39. The first-order valence-corrected chi connectivity index (χ1v) is 6.53. The van der Waals surface area contributed by atoms with Crippen molar-refractivity contribution in [2.75, 3.05) is 20.1 Å². The highest BCUT2D eigenvalue weighted by atomic mass is 14.9. The Labute approximate surface area is 112 Å². The maximum absolute atomic E-state index is 6.39. The third kappa shape index (κ3) is 2.04. The first-order chi connectivity index (χ1) is 9.31. The van der Waals surface area contributed by atoms with E-state index in [-0.39, 0.29) is 0 Å². The number of benzene rings is 1. The summed E-state index contributed by atoms with van der Waals surface area (Å²) in [7, 11) is 1.84. The molecule has 0 atom stereocenters. The number of aromatic amines is 1. The van der Waals surface area contributed by atoms with Crippen LogP contribution in [0.2, 0.25) is 0 Å². The SMILES string of the molecule is CN=C1CCNCC1=C(N)c1c[nH]c2ccccc12. The molecule has 0 spiro atoms. The molecule has 0 radical (unpaired) electrons. The van der Waals surface area contributed by atoms with Crippen molar-refractivity contribution in [1.29, 1.82) is 0 Å². The Morgan fingerprint density at radius 3 is 3.00 bits per heavy atom. The van der Waals surface area contributed by atoms with Crippen LogP contribution in [0.4, 0.5) is 0 Å². The Balaban J connectivity index is 2.14. The van der Waals surface area contributed by atoms with E-state index in [1.54, 1.807) is 0 Å². The fourth-order valence-corrected chi connectivity index (χ4v) is 2.63. The van der Waals surface area contributed by atoms with E-state index in [2.05, 4.69) is 27.4 Å². The molecule has 1 aliphatic heterocycles. The lowest BCUT2D eigenvalue weighted by Gasteiger charge is -2.20. The summed E-state index contributed by atoms with van der Waals surface area (Å²) in [5, 5.41) is 4.52. The van der Waals surface area contributed by atoms with Gasteiger partial charge in [0.15, 0.2) is 0 Å². The van der Waals surface area contributed by atoms with Crippen LogP contribution in [0.3, 0.4) is 0 Å². The Morgan fingerprint density at radius 2 is 2.16 bits per heavy atom. The molecule has 1 fully saturated rings. The van der Waals surface area contributed by atoms with Crippen LogP contribution in [-0.4, -0.2) is 30.8 Å². The Kier molecular flexibility index (Phi) is 3.09. The summed E-state index contributed by atoms with van der Waals surface area (Å²) >= 11 is 0. The molecule has 2 heterocycles. The lowest BCUT2D eigenvalue weighted by molar-refractivity contribution is 0.730. The number of nitrogens with one attached hydrogen (secondary N) is 2. The zero-order chi connectivity index (χ0) is 13.2. The number of piperidine rings is 1. The molecule has 0 unspecified atom stereocenters. The molecule has 19 heavy (non-hydrogen) atoms. The van der Waals surface area contributed by atoms with E-state index in [0.29, 0.717) is 0 Å². The lowest BCUT2D eigenvalue weighted by Crippen LogP contribution is -2.32. The highest BCUT2D eigenvalue weighted by molar-refractivity contribution is 6.09. The fraction of sp³-hybridized carbons (Fsp3) is 0.267. The van der Waals surface area contributed by atoms with Crippen LogP contribution >= 0.6 is 0 Å². The van der Waals surface area contributed by atoms with Crippen LogP contribution in [0.25, 0.3) is 16.6 Å². The van der Waals surface area contributed by atoms with Gasteiger partial charge in [-0.25, -0.2) is 0 Å². The van der Waals surface area contributed by atoms with Crippen molar-refractivity contribution in [3.63, 3.8) is 0 Å². The van der Waals surface area contributed by atoms with Gasteiger partial charge in [-0.1, -0.05) is 18.2 Å². The first-order valence-electron chi connectivity index (χ1n) is 6.53. The summed E-state index contributed by atoms with van der Waals surface area (Å²) in [5.74, 6) is 0. The molecule has 0 aliphatic carbocycles. The number of hydrogen-bond acceptors (Lipinski definition) is 3. The summed E-state index contributed by atoms with van der Waals surface area (Å²) in [6.45, 7) is 1.76. The number of para-hydroxylation sites is 1. The molecular weight excluding hydrogens is 236 g/mol. The molecule has 1 aliphatic rings. The van der Waals surface area contributed by atoms with Gasteiger partial charge in [-0.15, -0.1) is 0 Å². The quantitative estimate of drug-likeness (QED) is 0.727. The van der Waals surface area contributed by atoms with Crippen LogP contribution in [0.15, 0.2) is 41.0 Å². The normalized spacial score (nSPS) is 21.0. The highest BCUT2D eigenvalue weighted by Gasteiger charge is 2.17. The lowest BCUT2D eigenvalue weighted by atomic mass is 9.98. The van der Waals surface area contributed by atoms with Gasteiger partial charge >= 0.3 is 0 Å². The van der Waals surface area contributed by atoms with Crippen molar-refractivity contribution in [2.24, 2.45) is 10.7 Å². The minimum absolute atomic E-state index is 0.790. The van der Waals surface area contributed by atoms with Crippen LogP contribution < -0.4 is 11.1 Å². The second-order valence-corrected chi connectivity index (χ2v) is 4.74. The number of aliphatic imine (C=N–C) groups is 1. The van der Waals surface area contributed by atoms with Crippen LogP contribution in [0, 0.1) is 0 Å². The van der Waals surface area contributed by atoms with E-state index >= 15 is 0 Å². The van der Waals surface area contributed by atoms with Gasteiger partial charge in [0.2, 0.25) is 0 Å². The first kappa shape index (κ1) is 12.0. The van der Waals surface area contributed by atoms with Crippen LogP contribution in [0.5, 0.6) is 0 Å². The molecule has 2 aromatic rings. The summed E-state index contributed by atoms with van der Waals surface area (Å²) in [4.78, 5) is 7.64.